The fraction of sp³-hybridized carbons (Fsp3) is 0.533. The molecule has 3 nitrogen and oxygen atoms in total. The third kappa shape index (κ3) is 4.40. The molecule has 0 atom stereocenters. The Morgan fingerprint density at radius 1 is 1.17 bits per heavy atom. The number of esters is 1. The van der Waals surface area contributed by atoms with Gasteiger partial charge in [-0.05, 0) is 63.4 Å². The number of hydrogen-bond acceptors (Lipinski definition) is 3. The number of hydrogen-bond donors (Lipinski definition) is 0. The van der Waals surface area contributed by atoms with Crippen LogP contribution in [0.25, 0.3) is 0 Å². The number of benzene rings is 1. The van der Waals surface area contributed by atoms with Crippen LogP contribution in [0, 0.1) is 13.8 Å². The van der Waals surface area contributed by atoms with E-state index in [1.165, 1.54) is 6.92 Å². The summed E-state index contributed by atoms with van der Waals surface area (Å²) < 4.78 is 10.9. The zero-order valence-corrected chi connectivity index (χ0v) is 12.1. The van der Waals surface area contributed by atoms with Gasteiger partial charge in [0.15, 0.2) is 0 Å². The fourth-order valence-electron chi connectivity index (χ4n) is 1.78. The summed E-state index contributed by atoms with van der Waals surface area (Å²) in [4.78, 5) is 10.8. The molecule has 1 aromatic carbocycles. The number of carbonyl (C=O) groups is 1. The van der Waals surface area contributed by atoms with Crippen LogP contribution in [0.2, 0.25) is 0 Å². The molecule has 0 aliphatic heterocycles. The second-order valence-electron chi connectivity index (χ2n) is 5.55. The van der Waals surface area contributed by atoms with Crippen molar-refractivity contribution >= 4 is 5.97 Å². The largest absolute Gasteiger partial charge is 0.488 e. The molecule has 0 saturated heterocycles. The summed E-state index contributed by atoms with van der Waals surface area (Å²) in [5.41, 5.74) is 2.90. The van der Waals surface area contributed by atoms with Gasteiger partial charge in [-0.15, -0.1) is 0 Å². The van der Waals surface area contributed by atoms with E-state index in [-0.39, 0.29) is 11.6 Å². The van der Waals surface area contributed by atoms with Gasteiger partial charge in [-0.1, -0.05) is 0 Å². The third-order valence-corrected chi connectivity index (χ3v) is 2.37. The summed E-state index contributed by atoms with van der Waals surface area (Å²) in [6.07, 6.45) is 0. The molecule has 100 valence electrons. The molecular weight excluding hydrogens is 228 g/mol. The molecule has 0 fully saturated rings. The first kappa shape index (κ1) is 14.6. The highest BCUT2D eigenvalue weighted by Crippen LogP contribution is 2.28. The van der Waals surface area contributed by atoms with E-state index in [1.54, 1.807) is 0 Å². The zero-order valence-electron chi connectivity index (χ0n) is 12.1. The molecule has 0 unspecified atom stereocenters. The van der Waals surface area contributed by atoms with Gasteiger partial charge >= 0.3 is 5.97 Å². The molecule has 0 heterocycles. The van der Waals surface area contributed by atoms with Gasteiger partial charge in [0.2, 0.25) is 0 Å². The second kappa shape index (κ2) is 5.42. The SMILES string of the molecule is CC(=O)OCc1cc(C)c(OC(C)(C)C)c(C)c1. The number of ether oxygens (including phenoxy) is 2. The smallest absolute Gasteiger partial charge is 0.302 e. The van der Waals surface area contributed by atoms with E-state index >= 15 is 0 Å². The van der Waals surface area contributed by atoms with Gasteiger partial charge in [-0.2, -0.15) is 0 Å². The Kier molecular flexibility index (Phi) is 4.38. The van der Waals surface area contributed by atoms with Crippen LogP contribution in [0.15, 0.2) is 12.1 Å². The molecule has 0 N–H and O–H groups in total. The van der Waals surface area contributed by atoms with Gasteiger partial charge in [0.05, 0.1) is 0 Å². The highest BCUT2D eigenvalue weighted by molar-refractivity contribution is 5.66. The Balaban J connectivity index is 2.94. The van der Waals surface area contributed by atoms with E-state index in [2.05, 4.69) is 0 Å². The lowest BCUT2D eigenvalue weighted by atomic mass is 10.1. The van der Waals surface area contributed by atoms with E-state index in [4.69, 9.17) is 9.47 Å². The van der Waals surface area contributed by atoms with Crippen molar-refractivity contribution in [1.82, 2.24) is 0 Å². The summed E-state index contributed by atoms with van der Waals surface area (Å²) >= 11 is 0. The molecular formula is C15H22O3. The Hall–Kier alpha value is -1.51. The van der Waals surface area contributed by atoms with Crippen molar-refractivity contribution in [3.63, 3.8) is 0 Å². The van der Waals surface area contributed by atoms with Crippen LogP contribution >= 0.6 is 0 Å². The van der Waals surface area contributed by atoms with Crippen LogP contribution in [-0.2, 0) is 16.1 Å². The van der Waals surface area contributed by atoms with E-state index < -0.39 is 0 Å². The predicted molar refractivity (Wildman–Crippen MR) is 71.8 cm³/mol. The quantitative estimate of drug-likeness (QED) is 0.770. The summed E-state index contributed by atoms with van der Waals surface area (Å²) in [5, 5.41) is 0. The van der Waals surface area contributed by atoms with Crippen molar-refractivity contribution < 1.29 is 14.3 Å². The first-order chi connectivity index (χ1) is 8.19. The fourth-order valence-corrected chi connectivity index (χ4v) is 1.78. The van der Waals surface area contributed by atoms with E-state index in [9.17, 15) is 4.79 Å². The van der Waals surface area contributed by atoms with E-state index in [0.717, 1.165) is 22.4 Å². The molecule has 0 bridgehead atoms. The number of aryl methyl sites for hydroxylation is 2. The van der Waals surface area contributed by atoms with Crippen molar-refractivity contribution in [2.75, 3.05) is 0 Å². The topological polar surface area (TPSA) is 35.5 Å². The summed E-state index contributed by atoms with van der Waals surface area (Å²) in [5.74, 6) is 0.648. The van der Waals surface area contributed by atoms with Gasteiger partial charge in [0, 0.05) is 6.92 Å². The second-order valence-corrected chi connectivity index (χ2v) is 5.55. The summed E-state index contributed by atoms with van der Waals surface area (Å²) in [6.45, 7) is 11.8. The van der Waals surface area contributed by atoms with Crippen molar-refractivity contribution in [2.45, 2.75) is 53.8 Å². The van der Waals surface area contributed by atoms with Crippen molar-refractivity contribution in [3.8, 4) is 5.75 Å². The first-order valence-corrected chi connectivity index (χ1v) is 6.11. The molecule has 0 saturated carbocycles. The van der Waals surface area contributed by atoms with Gasteiger partial charge in [-0.25, -0.2) is 0 Å². The minimum atomic E-state index is -0.264. The summed E-state index contributed by atoms with van der Waals surface area (Å²) in [7, 11) is 0. The van der Waals surface area contributed by atoms with E-state index in [1.807, 2.05) is 46.8 Å². The Bertz CT molecular complexity index is 419. The number of rotatable bonds is 3. The average molecular weight is 250 g/mol. The van der Waals surface area contributed by atoms with Gasteiger partial charge in [-0.3, -0.25) is 4.79 Å². The third-order valence-electron chi connectivity index (χ3n) is 2.37. The van der Waals surface area contributed by atoms with Crippen LogP contribution in [0.1, 0.15) is 44.4 Å². The van der Waals surface area contributed by atoms with Crippen LogP contribution < -0.4 is 4.74 Å². The normalized spacial score (nSPS) is 11.2. The molecule has 0 radical (unpaired) electrons. The summed E-state index contributed by atoms with van der Waals surface area (Å²) in [6, 6.07) is 3.99. The van der Waals surface area contributed by atoms with Gasteiger partial charge in [0.1, 0.15) is 18.0 Å². The zero-order chi connectivity index (χ0) is 13.9. The van der Waals surface area contributed by atoms with Crippen LogP contribution in [-0.4, -0.2) is 11.6 Å². The lowest BCUT2D eigenvalue weighted by molar-refractivity contribution is -0.142. The Morgan fingerprint density at radius 3 is 2.06 bits per heavy atom. The van der Waals surface area contributed by atoms with Crippen LogP contribution in [0.5, 0.6) is 5.75 Å². The van der Waals surface area contributed by atoms with Crippen LogP contribution in [0.3, 0.4) is 0 Å². The lowest BCUT2D eigenvalue weighted by Crippen LogP contribution is -2.24. The molecule has 1 rings (SSSR count). The molecule has 0 spiro atoms. The maximum Gasteiger partial charge on any atom is 0.302 e. The highest BCUT2D eigenvalue weighted by Gasteiger charge is 2.16. The maximum absolute atomic E-state index is 10.8. The van der Waals surface area contributed by atoms with Gasteiger partial charge < -0.3 is 9.47 Å². The lowest BCUT2D eigenvalue weighted by Gasteiger charge is -2.24. The first-order valence-electron chi connectivity index (χ1n) is 6.11. The monoisotopic (exact) mass is 250 g/mol. The molecule has 0 aliphatic rings. The van der Waals surface area contributed by atoms with Crippen molar-refractivity contribution in [3.05, 3.63) is 28.8 Å². The maximum atomic E-state index is 10.8. The molecule has 0 amide bonds. The highest BCUT2D eigenvalue weighted by atomic mass is 16.5. The molecule has 18 heavy (non-hydrogen) atoms. The van der Waals surface area contributed by atoms with Crippen LogP contribution in [0.4, 0.5) is 0 Å². The van der Waals surface area contributed by atoms with Crippen molar-refractivity contribution in [1.29, 1.82) is 0 Å². The minimum Gasteiger partial charge on any atom is -0.488 e. The molecule has 3 heteroatoms. The standard InChI is InChI=1S/C15H22O3/c1-10-7-13(9-17-12(3)16)8-11(2)14(10)18-15(4,5)6/h7-8H,9H2,1-6H3. The van der Waals surface area contributed by atoms with Gasteiger partial charge in [0.25, 0.3) is 0 Å². The molecule has 1 aromatic rings. The Labute approximate surface area is 109 Å². The average Bonchev–Trinajstić information content (AvgIpc) is 2.19. The number of carbonyl (C=O) groups excluding carboxylic acids is 1. The predicted octanol–water partition coefficient (Wildman–Crippen LogP) is 3.54. The molecule has 0 aliphatic carbocycles. The minimum absolute atomic E-state index is 0.215. The molecule has 0 aromatic heterocycles. The van der Waals surface area contributed by atoms with E-state index in [0.29, 0.717) is 6.61 Å². The Morgan fingerprint density at radius 2 is 1.67 bits per heavy atom. The van der Waals surface area contributed by atoms with Crippen molar-refractivity contribution in [2.24, 2.45) is 0 Å².